The zero-order valence-electron chi connectivity index (χ0n) is 10.6. The predicted octanol–water partition coefficient (Wildman–Crippen LogP) is 2.49. The molecule has 6 heteroatoms. The molecule has 1 aromatic heterocycles. The molecule has 0 aliphatic rings. The molecular formula is C12H20BrN3OS. The summed E-state index contributed by atoms with van der Waals surface area (Å²) in [7, 11) is 2.12. The van der Waals surface area contributed by atoms with Crippen LogP contribution in [0.25, 0.3) is 0 Å². The lowest BCUT2D eigenvalue weighted by molar-refractivity contribution is -0.121. The Morgan fingerprint density at radius 1 is 1.50 bits per heavy atom. The molecule has 0 aliphatic carbocycles. The van der Waals surface area contributed by atoms with Gasteiger partial charge >= 0.3 is 0 Å². The molecular weight excluding hydrogens is 314 g/mol. The number of nitrogens with zero attached hydrogens (tertiary/aromatic N) is 1. The molecule has 0 unspecified atom stereocenters. The Morgan fingerprint density at radius 2 is 2.28 bits per heavy atom. The minimum absolute atomic E-state index is 0.0773. The highest BCUT2D eigenvalue weighted by Crippen LogP contribution is 2.21. The van der Waals surface area contributed by atoms with Crippen molar-refractivity contribution in [2.75, 3.05) is 13.6 Å². The smallest absolute Gasteiger partial charge is 0.233 e. The van der Waals surface area contributed by atoms with E-state index in [-0.39, 0.29) is 5.91 Å². The fourth-order valence-electron chi connectivity index (χ4n) is 1.74. The molecule has 0 aromatic carbocycles. The molecule has 1 aromatic rings. The summed E-state index contributed by atoms with van der Waals surface area (Å²) in [6.45, 7) is 2.03. The van der Waals surface area contributed by atoms with Crippen molar-refractivity contribution < 1.29 is 4.79 Å². The summed E-state index contributed by atoms with van der Waals surface area (Å²) in [5, 5.41) is 2.17. The lowest BCUT2D eigenvalue weighted by Crippen LogP contribution is -2.29. The Hall–Kier alpha value is -0.430. The van der Waals surface area contributed by atoms with Gasteiger partial charge in [-0.1, -0.05) is 6.42 Å². The van der Waals surface area contributed by atoms with Gasteiger partial charge in [0.15, 0.2) is 0 Å². The van der Waals surface area contributed by atoms with Crippen molar-refractivity contribution in [1.29, 1.82) is 0 Å². The van der Waals surface area contributed by atoms with E-state index in [0.29, 0.717) is 6.42 Å². The number of hydrazine groups is 1. The molecule has 1 rings (SSSR count). The Morgan fingerprint density at radius 3 is 2.89 bits per heavy atom. The Balaban J connectivity index is 2.07. The molecule has 0 radical (unpaired) electrons. The van der Waals surface area contributed by atoms with Crippen molar-refractivity contribution in [2.24, 2.45) is 5.84 Å². The number of carbonyl (C=O) groups is 1. The minimum Gasteiger partial charge on any atom is -0.302 e. The Kier molecular flexibility index (Phi) is 7.50. The maximum absolute atomic E-state index is 10.9. The Bertz CT molecular complexity index is 370. The molecule has 18 heavy (non-hydrogen) atoms. The number of carbonyl (C=O) groups excluding carboxylic acids is 1. The highest BCUT2D eigenvalue weighted by Gasteiger charge is 2.03. The molecule has 0 spiro atoms. The molecule has 1 heterocycles. The van der Waals surface area contributed by atoms with Gasteiger partial charge in [0.05, 0.1) is 3.79 Å². The average molecular weight is 334 g/mol. The number of nitrogens with one attached hydrogen (secondary N) is 1. The van der Waals surface area contributed by atoms with Crippen molar-refractivity contribution in [3.63, 3.8) is 0 Å². The highest BCUT2D eigenvalue weighted by atomic mass is 79.9. The average Bonchev–Trinajstić information content (AvgIpc) is 2.73. The van der Waals surface area contributed by atoms with Crippen molar-refractivity contribution >= 4 is 33.2 Å². The van der Waals surface area contributed by atoms with Crippen LogP contribution in [0, 0.1) is 0 Å². The first-order chi connectivity index (χ1) is 8.61. The zero-order valence-corrected chi connectivity index (χ0v) is 13.0. The molecule has 0 saturated carbocycles. The lowest BCUT2D eigenvalue weighted by atomic mass is 10.2. The quantitative estimate of drug-likeness (QED) is 0.332. The Labute approximate surface area is 121 Å². The van der Waals surface area contributed by atoms with Gasteiger partial charge in [-0.2, -0.15) is 0 Å². The molecule has 1 amide bonds. The third-order valence-electron chi connectivity index (χ3n) is 2.68. The maximum Gasteiger partial charge on any atom is 0.233 e. The molecule has 0 atom stereocenters. The molecule has 102 valence electrons. The lowest BCUT2D eigenvalue weighted by Gasteiger charge is -2.15. The summed E-state index contributed by atoms with van der Waals surface area (Å²) in [4.78, 5) is 13.2. The van der Waals surface area contributed by atoms with Crippen molar-refractivity contribution in [3.8, 4) is 0 Å². The zero-order chi connectivity index (χ0) is 13.4. The van der Waals surface area contributed by atoms with E-state index >= 15 is 0 Å². The summed E-state index contributed by atoms with van der Waals surface area (Å²) in [6.07, 6.45) is 3.60. The summed E-state index contributed by atoms with van der Waals surface area (Å²) in [6, 6.07) is 2.16. The predicted molar refractivity (Wildman–Crippen MR) is 79.2 cm³/mol. The minimum atomic E-state index is -0.0773. The fourth-order valence-corrected chi connectivity index (χ4v) is 2.94. The van der Waals surface area contributed by atoms with Gasteiger partial charge in [0, 0.05) is 13.0 Å². The second kappa shape index (κ2) is 8.63. The first-order valence-corrected chi connectivity index (χ1v) is 7.70. The van der Waals surface area contributed by atoms with Crippen molar-refractivity contribution in [1.82, 2.24) is 10.3 Å². The summed E-state index contributed by atoms with van der Waals surface area (Å²) in [5.41, 5.74) is 3.49. The van der Waals surface area contributed by atoms with Crippen LogP contribution in [0.1, 0.15) is 31.2 Å². The molecule has 0 aliphatic heterocycles. The molecule has 0 fully saturated rings. The van der Waals surface area contributed by atoms with Gasteiger partial charge < -0.3 is 4.90 Å². The second-order valence-corrected chi connectivity index (χ2v) is 6.67. The monoisotopic (exact) mass is 333 g/mol. The van der Waals surface area contributed by atoms with Crippen LogP contribution in [0.2, 0.25) is 0 Å². The van der Waals surface area contributed by atoms with Crippen LogP contribution in [0.4, 0.5) is 0 Å². The van der Waals surface area contributed by atoms with Crippen molar-refractivity contribution in [2.45, 2.75) is 32.2 Å². The number of amides is 1. The van der Waals surface area contributed by atoms with Crippen LogP contribution in [-0.4, -0.2) is 24.4 Å². The van der Waals surface area contributed by atoms with E-state index in [1.54, 1.807) is 11.3 Å². The number of hydrogen-bond acceptors (Lipinski definition) is 4. The number of unbranched alkanes of at least 4 members (excludes halogenated alkanes) is 2. The van der Waals surface area contributed by atoms with E-state index in [1.807, 2.05) is 0 Å². The van der Waals surface area contributed by atoms with E-state index < -0.39 is 0 Å². The van der Waals surface area contributed by atoms with Gasteiger partial charge in [-0.25, -0.2) is 5.84 Å². The molecule has 0 bridgehead atoms. The molecule has 3 N–H and O–H groups in total. The van der Waals surface area contributed by atoms with Crippen LogP contribution in [0.5, 0.6) is 0 Å². The van der Waals surface area contributed by atoms with E-state index in [4.69, 9.17) is 5.84 Å². The first kappa shape index (κ1) is 15.6. The standard InChI is InChI=1S/C12H20BrN3OS/c1-16(8-10-7-11(13)18-9-10)6-4-2-3-5-12(17)15-14/h7,9H,2-6,8,14H2,1H3,(H,15,17). The van der Waals surface area contributed by atoms with Gasteiger partial charge in [0.1, 0.15) is 0 Å². The van der Waals surface area contributed by atoms with Crippen LogP contribution in [-0.2, 0) is 11.3 Å². The summed E-state index contributed by atoms with van der Waals surface area (Å²) in [5.74, 6) is 4.93. The van der Waals surface area contributed by atoms with Crippen LogP contribution in [0.15, 0.2) is 15.2 Å². The van der Waals surface area contributed by atoms with E-state index in [2.05, 4.69) is 44.7 Å². The number of rotatable bonds is 8. The number of nitrogens with two attached hydrogens (primary N) is 1. The van der Waals surface area contributed by atoms with Crippen LogP contribution < -0.4 is 11.3 Å². The van der Waals surface area contributed by atoms with E-state index in [1.165, 1.54) is 9.35 Å². The number of hydrogen-bond donors (Lipinski definition) is 2. The van der Waals surface area contributed by atoms with Gasteiger partial charge in [0.2, 0.25) is 5.91 Å². The highest BCUT2D eigenvalue weighted by molar-refractivity contribution is 9.11. The van der Waals surface area contributed by atoms with Crippen LogP contribution in [0.3, 0.4) is 0 Å². The third kappa shape index (κ3) is 6.49. The molecule has 4 nitrogen and oxygen atoms in total. The third-order valence-corrected chi connectivity index (χ3v) is 4.23. The van der Waals surface area contributed by atoms with Crippen molar-refractivity contribution in [3.05, 3.63) is 20.8 Å². The summed E-state index contributed by atoms with van der Waals surface area (Å²) < 4.78 is 1.18. The van der Waals surface area contributed by atoms with E-state index in [0.717, 1.165) is 32.4 Å². The number of halogens is 1. The SMILES string of the molecule is CN(CCCCCC(=O)NN)Cc1csc(Br)c1. The normalized spacial score (nSPS) is 10.9. The number of thiophene rings is 1. The van der Waals surface area contributed by atoms with Gasteiger partial charge in [-0.05, 0) is 59.4 Å². The first-order valence-electron chi connectivity index (χ1n) is 6.02. The maximum atomic E-state index is 10.9. The van der Waals surface area contributed by atoms with Gasteiger partial charge in [-0.15, -0.1) is 11.3 Å². The van der Waals surface area contributed by atoms with Gasteiger partial charge in [-0.3, -0.25) is 10.2 Å². The second-order valence-electron chi connectivity index (χ2n) is 4.38. The van der Waals surface area contributed by atoms with E-state index in [9.17, 15) is 4.79 Å². The summed E-state index contributed by atoms with van der Waals surface area (Å²) >= 11 is 5.19. The largest absolute Gasteiger partial charge is 0.302 e. The topological polar surface area (TPSA) is 58.4 Å². The molecule has 0 saturated heterocycles. The fraction of sp³-hybridized carbons (Fsp3) is 0.583. The van der Waals surface area contributed by atoms with Gasteiger partial charge in [0.25, 0.3) is 0 Å². The van der Waals surface area contributed by atoms with Crippen LogP contribution >= 0.6 is 27.3 Å².